The first kappa shape index (κ1) is 12.9. The van der Waals surface area contributed by atoms with Crippen LogP contribution in [0.3, 0.4) is 0 Å². The van der Waals surface area contributed by atoms with Crippen molar-refractivity contribution in [1.29, 1.82) is 0 Å². The molecule has 1 fully saturated rings. The lowest BCUT2D eigenvalue weighted by atomic mass is 9.85. The summed E-state index contributed by atoms with van der Waals surface area (Å²) in [6, 6.07) is 0. The molecule has 0 bridgehead atoms. The van der Waals surface area contributed by atoms with E-state index < -0.39 is 0 Å². The second kappa shape index (κ2) is 5.08. The van der Waals surface area contributed by atoms with E-state index in [2.05, 4.69) is 26.1 Å². The molecule has 0 unspecified atom stereocenters. The highest BCUT2D eigenvalue weighted by atomic mass is 32.1. The van der Waals surface area contributed by atoms with E-state index in [9.17, 15) is 0 Å². The molecule has 0 aliphatic heterocycles. The van der Waals surface area contributed by atoms with E-state index in [1.54, 1.807) is 11.3 Å². The molecule has 4 heteroatoms. The van der Waals surface area contributed by atoms with Crippen LogP contribution in [0.4, 0.5) is 5.82 Å². The summed E-state index contributed by atoms with van der Waals surface area (Å²) in [6.07, 6.45) is 4.95. The zero-order chi connectivity index (χ0) is 13.4. The maximum absolute atomic E-state index is 4.82. The zero-order valence-corrected chi connectivity index (χ0v) is 12.7. The van der Waals surface area contributed by atoms with E-state index in [4.69, 9.17) is 9.97 Å². The number of anilines is 1. The van der Waals surface area contributed by atoms with Crippen LogP contribution in [0.2, 0.25) is 0 Å². The molecule has 2 aromatic heterocycles. The van der Waals surface area contributed by atoms with Gasteiger partial charge in [0, 0.05) is 17.3 Å². The van der Waals surface area contributed by atoms with E-state index in [-0.39, 0.29) is 0 Å². The number of hydrogen-bond donors (Lipinski definition) is 1. The minimum Gasteiger partial charge on any atom is -0.369 e. The van der Waals surface area contributed by atoms with Crippen LogP contribution >= 0.6 is 11.3 Å². The number of fused-ring (bicyclic) bond motifs is 1. The van der Waals surface area contributed by atoms with Crippen molar-refractivity contribution in [2.24, 2.45) is 0 Å². The first-order valence-corrected chi connectivity index (χ1v) is 8.04. The molecule has 19 heavy (non-hydrogen) atoms. The average Bonchev–Trinajstić information content (AvgIpc) is 2.60. The minimum absolute atomic E-state index is 0.592. The molecular formula is C15H21N3S. The van der Waals surface area contributed by atoms with Crippen LogP contribution in [-0.2, 0) is 0 Å². The van der Waals surface area contributed by atoms with Crippen LogP contribution in [0.15, 0.2) is 0 Å². The molecule has 3 nitrogen and oxygen atoms in total. The Balaban J connectivity index is 2.10. The molecule has 1 aliphatic carbocycles. The molecule has 0 atom stereocenters. The first-order valence-electron chi connectivity index (χ1n) is 7.22. The van der Waals surface area contributed by atoms with Gasteiger partial charge in [0.25, 0.3) is 0 Å². The van der Waals surface area contributed by atoms with Crippen LogP contribution in [0.5, 0.6) is 0 Å². The second-order valence-corrected chi connectivity index (χ2v) is 6.65. The topological polar surface area (TPSA) is 37.8 Å². The summed E-state index contributed by atoms with van der Waals surface area (Å²) in [5.41, 5.74) is 1.33. The molecule has 0 saturated heterocycles. The van der Waals surface area contributed by atoms with Gasteiger partial charge < -0.3 is 5.32 Å². The molecule has 0 radical (unpaired) electrons. The Hall–Kier alpha value is -1.16. The molecule has 0 aromatic carbocycles. The summed E-state index contributed by atoms with van der Waals surface area (Å²) >= 11 is 1.80. The monoisotopic (exact) mass is 275 g/mol. The van der Waals surface area contributed by atoms with Gasteiger partial charge in [0.1, 0.15) is 16.5 Å². The van der Waals surface area contributed by atoms with Crippen molar-refractivity contribution in [2.75, 3.05) is 11.9 Å². The Morgan fingerprint density at radius 3 is 2.68 bits per heavy atom. The molecule has 1 N–H and O–H groups in total. The fourth-order valence-electron chi connectivity index (χ4n) is 2.49. The van der Waals surface area contributed by atoms with Crippen molar-refractivity contribution >= 4 is 27.4 Å². The van der Waals surface area contributed by atoms with Gasteiger partial charge in [-0.05, 0) is 38.7 Å². The predicted octanol–water partition coefficient (Wildman–Crippen LogP) is 4.40. The summed E-state index contributed by atoms with van der Waals surface area (Å²) in [4.78, 5) is 12.1. The number of nitrogens with zero attached hydrogens (tertiary/aromatic N) is 2. The second-order valence-electron chi connectivity index (χ2n) is 5.45. The van der Waals surface area contributed by atoms with Crippen molar-refractivity contribution in [3.8, 4) is 0 Å². The lowest BCUT2D eigenvalue weighted by Gasteiger charge is -2.24. The molecule has 3 rings (SSSR count). The highest BCUT2D eigenvalue weighted by molar-refractivity contribution is 7.18. The van der Waals surface area contributed by atoms with E-state index in [1.165, 1.54) is 35.1 Å². The predicted molar refractivity (Wildman–Crippen MR) is 82.3 cm³/mol. The molecule has 102 valence electrons. The Labute approximate surface area is 118 Å². The van der Waals surface area contributed by atoms with Gasteiger partial charge in [-0.2, -0.15) is 0 Å². The highest BCUT2D eigenvalue weighted by Crippen LogP contribution is 2.39. The van der Waals surface area contributed by atoms with Crippen molar-refractivity contribution in [2.45, 2.75) is 52.4 Å². The Morgan fingerprint density at radius 1 is 1.26 bits per heavy atom. The molecule has 2 heterocycles. The van der Waals surface area contributed by atoms with Gasteiger partial charge in [-0.3, -0.25) is 0 Å². The number of thiophene rings is 1. The van der Waals surface area contributed by atoms with E-state index >= 15 is 0 Å². The third-order valence-electron chi connectivity index (χ3n) is 4.06. The van der Waals surface area contributed by atoms with Crippen molar-refractivity contribution < 1.29 is 0 Å². The summed E-state index contributed by atoms with van der Waals surface area (Å²) in [5, 5.41) is 4.73. The van der Waals surface area contributed by atoms with Crippen LogP contribution in [-0.4, -0.2) is 16.5 Å². The van der Waals surface area contributed by atoms with Gasteiger partial charge in [0.05, 0.1) is 5.39 Å². The average molecular weight is 275 g/mol. The third-order valence-corrected chi connectivity index (χ3v) is 5.16. The summed E-state index contributed by atoms with van der Waals surface area (Å²) in [5.74, 6) is 2.70. The SMILES string of the molecule is CCCNc1nc(C2CCC2)nc2sc(C)c(C)c12. The Morgan fingerprint density at radius 2 is 2.05 bits per heavy atom. The molecule has 0 amide bonds. The number of nitrogens with one attached hydrogen (secondary N) is 1. The van der Waals surface area contributed by atoms with Gasteiger partial charge in [0.2, 0.25) is 0 Å². The maximum atomic E-state index is 4.82. The van der Waals surface area contributed by atoms with E-state index in [0.717, 1.165) is 29.4 Å². The van der Waals surface area contributed by atoms with Crippen molar-refractivity contribution in [3.05, 3.63) is 16.3 Å². The Bertz CT molecular complexity index is 599. The Kier molecular flexibility index (Phi) is 3.44. The summed E-state index contributed by atoms with van der Waals surface area (Å²) in [7, 11) is 0. The quantitative estimate of drug-likeness (QED) is 0.898. The molecule has 0 spiro atoms. The van der Waals surface area contributed by atoms with Crippen LogP contribution < -0.4 is 5.32 Å². The fourth-order valence-corrected chi connectivity index (χ4v) is 3.52. The van der Waals surface area contributed by atoms with Gasteiger partial charge >= 0.3 is 0 Å². The largest absolute Gasteiger partial charge is 0.369 e. The van der Waals surface area contributed by atoms with Gasteiger partial charge in [-0.15, -0.1) is 11.3 Å². The lowest BCUT2D eigenvalue weighted by Crippen LogP contribution is -2.14. The molecule has 1 saturated carbocycles. The van der Waals surface area contributed by atoms with E-state index in [1.807, 2.05) is 0 Å². The van der Waals surface area contributed by atoms with Gasteiger partial charge in [-0.1, -0.05) is 13.3 Å². The molecule has 2 aromatic rings. The number of hydrogen-bond acceptors (Lipinski definition) is 4. The van der Waals surface area contributed by atoms with Crippen molar-refractivity contribution in [3.63, 3.8) is 0 Å². The number of aryl methyl sites for hydroxylation is 2. The van der Waals surface area contributed by atoms with Crippen LogP contribution in [0.1, 0.15) is 54.8 Å². The van der Waals surface area contributed by atoms with Crippen molar-refractivity contribution in [1.82, 2.24) is 9.97 Å². The third kappa shape index (κ3) is 2.22. The summed E-state index contributed by atoms with van der Waals surface area (Å²) in [6.45, 7) is 7.51. The molecular weight excluding hydrogens is 254 g/mol. The summed E-state index contributed by atoms with van der Waals surface area (Å²) < 4.78 is 0. The standard InChI is InChI=1S/C15H21N3S/c1-4-8-16-14-12-9(2)10(3)19-15(12)18-13(17-14)11-6-5-7-11/h11H,4-8H2,1-3H3,(H,16,17,18). The normalized spacial score (nSPS) is 15.7. The highest BCUT2D eigenvalue weighted by Gasteiger charge is 2.24. The van der Waals surface area contributed by atoms with E-state index in [0.29, 0.717) is 5.92 Å². The maximum Gasteiger partial charge on any atom is 0.138 e. The van der Waals surface area contributed by atoms with Crippen LogP contribution in [0.25, 0.3) is 10.2 Å². The van der Waals surface area contributed by atoms with Gasteiger partial charge in [0.15, 0.2) is 0 Å². The lowest BCUT2D eigenvalue weighted by molar-refractivity contribution is 0.403. The zero-order valence-electron chi connectivity index (χ0n) is 11.9. The van der Waals surface area contributed by atoms with Crippen LogP contribution in [0, 0.1) is 13.8 Å². The number of rotatable bonds is 4. The first-order chi connectivity index (χ1) is 9.20. The number of aromatic nitrogens is 2. The smallest absolute Gasteiger partial charge is 0.138 e. The van der Waals surface area contributed by atoms with Gasteiger partial charge in [-0.25, -0.2) is 9.97 Å². The molecule has 1 aliphatic rings. The minimum atomic E-state index is 0.592. The fraction of sp³-hybridized carbons (Fsp3) is 0.600.